The molecule has 3 N–H and O–H groups in total. The number of amides is 2. The molecule has 0 aliphatic carbocycles. The van der Waals surface area contributed by atoms with Crippen LogP contribution in [-0.4, -0.2) is 33.5 Å². The normalized spacial score (nSPS) is 10.4. The Labute approximate surface area is 154 Å². The third-order valence-electron chi connectivity index (χ3n) is 3.49. The SMILES string of the molecule is NC(=O)COc1ccc(NC(=O)CCc2nc(-c3ccncc3)no2)cc1. The summed E-state index contributed by atoms with van der Waals surface area (Å²) >= 11 is 0. The first-order valence-electron chi connectivity index (χ1n) is 8.14. The van der Waals surface area contributed by atoms with Crippen LogP contribution in [0.15, 0.2) is 53.3 Å². The summed E-state index contributed by atoms with van der Waals surface area (Å²) in [5, 5.41) is 6.65. The summed E-state index contributed by atoms with van der Waals surface area (Å²) in [7, 11) is 0. The summed E-state index contributed by atoms with van der Waals surface area (Å²) in [4.78, 5) is 30.9. The highest BCUT2D eigenvalue weighted by molar-refractivity contribution is 5.90. The quantitative estimate of drug-likeness (QED) is 0.617. The highest BCUT2D eigenvalue weighted by Crippen LogP contribution is 2.17. The number of hydrogen-bond donors (Lipinski definition) is 2. The lowest BCUT2D eigenvalue weighted by atomic mass is 10.2. The number of nitrogens with two attached hydrogens (primary N) is 1. The van der Waals surface area contributed by atoms with Gasteiger partial charge in [-0.25, -0.2) is 0 Å². The molecule has 27 heavy (non-hydrogen) atoms. The average Bonchev–Trinajstić information content (AvgIpc) is 3.16. The number of carbonyl (C=O) groups excluding carboxylic acids is 2. The van der Waals surface area contributed by atoms with Crippen molar-refractivity contribution in [3.63, 3.8) is 0 Å². The number of carbonyl (C=O) groups is 2. The number of nitrogens with one attached hydrogen (secondary N) is 1. The molecule has 138 valence electrons. The van der Waals surface area contributed by atoms with Crippen LogP contribution < -0.4 is 15.8 Å². The molecule has 0 atom stereocenters. The van der Waals surface area contributed by atoms with Gasteiger partial charge >= 0.3 is 0 Å². The van der Waals surface area contributed by atoms with Crippen LogP contribution in [0.1, 0.15) is 12.3 Å². The molecule has 0 saturated heterocycles. The standard InChI is InChI=1S/C18H17N5O4/c19-15(24)11-26-14-3-1-13(2-4-14)21-16(25)5-6-17-22-18(23-27-17)12-7-9-20-10-8-12/h1-4,7-10H,5-6,11H2,(H2,19,24)(H,21,25). The number of primary amides is 1. The zero-order valence-corrected chi connectivity index (χ0v) is 14.3. The number of aryl methyl sites for hydroxylation is 1. The highest BCUT2D eigenvalue weighted by atomic mass is 16.5. The van der Waals surface area contributed by atoms with Crippen molar-refractivity contribution in [2.24, 2.45) is 5.73 Å². The van der Waals surface area contributed by atoms with Crippen LogP contribution in [0.4, 0.5) is 5.69 Å². The van der Waals surface area contributed by atoms with E-state index in [1.807, 2.05) is 0 Å². The molecule has 0 spiro atoms. The minimum atomic E-state index is -0.555. The fourth-order valence-electron chi connectivity index (χ4n) is 2.21. The minimum Gasteiger partial charge on any atom is -0.484 e. The summed E-state index contributed by atoms with van der Waals surface area (Å²) in [6.07, 6.45) is 3.80. The Hall–Kier alpha value is -3.75. The van der Waals surface area contributed by atoms with E-state index in [2.05, 4.69) is 20.4 Å². The molecule has 2 heterocycles. The van der Waals surface area contributed by atoms with E-state index in [-0.39, 0.29) is 18.9 Å². The van der Waals surface area contributed by atoms with E-state index >= 15 is 0 Å². The van der Waals surface area contributed by atoms with Crippen molar-refractivity contribution in [2.75, 3.05) is 11.9 Å². The summed E-state index contributed by atoms with van der Waals surface area (Å²) in [6, 6.07) is 10.2. The minimum absolute atomic E-state index is 0.190. The largest absolute Gasteiger partial charge is 0.484 e. The molecule has 0 fully saturated rings. The molecule has 0 radical (unpaired) electrons. The van der Waals surface area contributed by atoms with E-state index in [1.54, 1.807) is 48.8 Å². The number of ether oxygens (including phenoxy) is 1. The average molecular weight is 367 g/mol. The molecule has 0 saturated carbocycles. The fraction of sp³-hybridized carbons (Fsp3) is 0.167. The summed E-state index contributed by atoms with van der Waals surface area (Å²) in [5.41, 5.74) is 6.41. The van der Waals surface area contributed by atoms with Gasteiger partial charge in [0, 0.05) is 36.5 Å². The molecule has 0 aliphatic heterocycles. The first kappa shape index (κ1) is 18.1. The maximum atomic E-state index is 12.1. The van der Waals surface area contributed by atoms with Crippen molar-refractivity contribution in [1.29, 1.82) is 0 Å². The van der Waals surface area contributed by atoms with Crippen LogP contribution in [0.25, 0.3) is 11.4 Å². The van der Waals surface area contributed by atoms with E-state index in [0.717, 1.165) is 5.56 Å². The van der Waals surface area contributed by atoms with Crippen LogP contribution in [-0.2, 0) is 16.0 Å². The van der Waals surface area contributed by atoms with Crippen molar-refractivity contribution in [3.05, 3.63) is 54.7 Å². The Morgan fingerprint density at radius 2 is 1.85 bits per heavy atom. The van der Waals surface area contributed by atoms with E-state index in [0.29, 0.717) is 29.6 Å². The molecule has 1 aromatic carbocycles. The van der Waals surface area contributed by atoms with E-state index < -0.39 is 5.91 Å². The number of rotatable bonds is 8. The highest BCUT2D eigenvalue weighted by Gasteiger charge is 2.11. The van der Waals surface area contributed by atoms with Crippen molar-refractivity contribution in [2.45, 2.75) is 12.8 Å². The molecule has 0 aliphatic rings. The first-order valence-corrected chi connectivity index (χ1v) is 8.14. The zero-order chi connectivity index (χ0) is 19.1. The number of benzene rings is 1. The summed E-state index contributed by atoms with van der Waals surface area (Å²) in [5.74, 6) is 0.581. The summed E-state index contributed by atoms with van der Waals surface area (Å²) in [6.45, 7) is -0.197. The number of hydrogen-bond acceptors (Lipinski definition) is 7. The lowest BCUT2D eigenvalue weighted by Gasteiger charge is -2.06. The second-order valence-electron chi connectivity index (χ2n) is 5.58. The van der Waals surface area contributed by atoms with Crippen LogP contribution >= 0.6 is 0 Å². The van der Waals surface area contributed by atoms with Crippen molar-refractivity contribution < 1.29 is 18.8 Å². The molecule has 0 bridgehead atoms. The molecule has 3 rings (SSSR count). The number of anilines is 1. The van der Waals surface area contributed by atoms with E-state index in [1.165, 1.54) is 0 Å². The first-order chi connectivity index (χ1) is 13.1. The molecule has 2 aromatic heterocycles. The Kier molecular flexibility index (Phi) is 5.73. The lowest BCUT2D eigenvalue weighted by Crippen LogP contribution is -2.20. The molecule has 9 heteroatoms. The number of nitrogens with zero attached hydrogens (tertiary/aromatic N) is 3. The molecule has 9 nitrogen and oxygen atoms in total. The third-order valence-corrected chi connectivity index (χ3v) is 3.49. The van der Waals surface area contributed by atoms with Gasteiger partial charge in [0.05, 0.1) is 0 Å². The number of aromatic nitrogens is 3. The molecular formula is C18H17N5O4. The van der Waals surface area contributed by atoms with Gasteiger partial charge in [-0.1, -0.05) is 5.16 Å². The van der Waals surface area contributed by atoms with Crippen molar-refractivity contribution in [3.8, 4) is 17.1 Å². The smallest absolute Gasteiger partial charge is 0.255 e. The fourth-order valence-corrected chi connectivity index (χ4v) is 2.21. The van der Waals surface area contributed by atoms with Gasteiger partial charge < -0.3 is 20.3 Å². The van der Waals surface area contributed by atoms with Crippen LogP contribution in [0.5, 0.6) is 5.75 Å². The lowest BCUT2D eigenvalue weighted by molar-refractivity contribution is -0.120. The van der Waals surface area contributed by atoms with E-state index in [9.17, 15) is 9.59 Å². The van der Waals surface area contributed by atoms with Crippen molar-refractivity contribution >= 4 is 17.5 Å². The maximum Gasteiger partial charge on any atom is 0.255 e. The van der Waals surface area contributed by atoms with Crippen LogP contribution in [0, 0.1) is 0 Å². The molecule has 2 amide bonds. The molecule has 3 aromatic rings. The van der Waals surface area contributed by atoms with Gasteiger partial charge in [-0.2, -0.15) is 4.98 Å². The van der Waals surface area contributed by atoms with Gasteiger partial charge in [0.1, 0.15) is 5.75 Å². The predicted octanol–water partition coefficient (Wildman–Crippen LogP) is 1.57. The van der Waals surface area contributed by atoms with Gasteiger partial charge in [0.25, 0.3) is 5.91 Å². The summed E-state index contributed by atoms with van der Waals surface area (Å²) < 4.78 is 10.3. The predicted molar refractivity (Wildman–Crippen MR) is 95.6 cm³/mol. The van der Waals surface area contributed by atoms with Gasteiger partial charge in [-0.3, -0.25) is 14.6 Å². The topological polar surface area (TPSA) is 133 Å². The monoisotopic (exact) mass is 367 g/mol. The van der Waals surface area contributed by atoms with Crippen molar-refractivity contribution in [1.82, 2.24) is 15.1 Å². The zero-order valence-electron chi connectivity index (χ0n) is 14.3. The third kappa shape index (κ3) is 5.36. The second kappa shape index (κ2) is 8.56. The van der Waals surface area contributed by atoms with Gasteiger partial charge in [-0.05, 0) is 36.4 Å². The Bertz CT molecular complexity index is 909. The van der Waals surface area contributed by atoms with Crippen LogP contribution in [0.3, 0.4) is 0 Å². The van der Waals surface area contributed by atoms with Gasteiger partial charge in [-0.15, -0.1) is 0 Å². The van der Waals surface area contributed by atoms with Gasteiger partial charge in [0.15, 0.2) is 6.61 Å². The second-order valence-corrected chi connectivity index (χ2v) is 5.58. The molecule has 0 unspecified atom stereocenters. The maximum absolute atomic E-state index is 12.1. The Morgan fingerprint density at radius 3 is 2.56 bits per heavy atom. The van der Waals surface area contributed by atoms with E-state index in [4.69, 9.17) is 15.0 Å². The van der Waals surface area contributed by atoms with Crippen LogP contribution in [0.2, 0.25) is 0 Å². The van der Waals surface area contributed by atoms with Gasteiger partial charge in [0.2, 0.25) is 17.6 Å². The Balaban J connectivity index is 1.48. The number of pyridine rings is 1. The Morgan fingerprint density at radius 1 is 1.11 bits per heavy atom. The molecular weight excluding hydrogens is 350 g/mol.